The van der Waals surface area contributed by atoms with E-state index in [4.69, 9.17) is 0 Å². The van der Waals surface area contributed by atoms with Crippen LogP contribution in [0.25, 0.3) is 0 Å². The number of carbonyl (C=O) groups is 1. The molecule has 1 amide bonds. The van der Waals surface area contributed by atoms with E-state index in [0.717, 1.165) is 22.2 Å². The summed E-state index contributed by atoms with van der Waals surface area (Å²) >= 11 is 3.04. The van der Waals surface area contributed by atoms with Gasteiger partial charge in [-0.2, -0.15) is 0 Å². The van der Waals surface area contributed by atoms with Crippen LogP contribution in [-0.2, 0) is 4.79 Å². The topological polar surface area (TPSA) is 54.9 Å². The van der Waals surface area contributed by atoms with Gasteiger partial charge >= 0.3 is 0 Å². The van der Waals surface area contributed by atoms with Crippen molar-refractivity contribution >= 4 is 29.0 Å². The largest absolute Gasteiger partial charge is 0.352 e. The summed E-state index contributed by atoms with van der Waals surface area (Å²) in [6.45, 7) is 3.87. The Hall–Kier alpha value is -0.620. The highest BCUT2D eigenvalue weighted by molar-refractivity contribution is 8.02. The van der Waals surface area contributed by atoms with Crippen molar-refractivity contribution in [1.82, 2.24) is 15.5 Å². The van der Waals surface area contributed by atoms with Gasteiger partial charge in [0.25, 0.3) is 0 Å². The number of aromatic nitrogens is 2. The van der Waals surface area contributed by atoms with Gasteiger partial charge in [0, 0.05) is 6.04 Å². The third-order valence-corrected chi connectivity index (χ3v) is 5.38. The molecule has 106 valence electrons. The van der Waals surface area contributed by atoms with E-state index in [2.05, 4.69) is 15.5 Å². The lowest BCUT2D eigenvalue weighted by molar-refractivity contribution is -0.121. The van der Waals surface area contributed by atoms with Crippen LogP contribution in [0, 0.1) is 6.92 Å². The van der Waals surface area contributed by atoms with E-state index in [-0.39, 0.29) is 11.2 Å². The molecule has 0 bridgehead atoms. The quantitative estimate of drug-likeness (QED) is 0.685. The van der Waals surface area contributed by atoms with E-state index in [9.17, 15) is 4.79 Å². The average Bonchev–Trinajstić information content (AvgIpc) is 2.64. The molecule has 1 aromatic heterocycles. The van der Waals surface area contributed by atoms with Crippen molar-refractivity contribution < 1.29 is 4.79 Å². The first kappa shape index (κ1) is 14.8. The summed E-state index contributed by atoms with van der Waals surface area (Å²) in [6, 6.07) is 0.370. The van der Waals surface area contributed by atoms with Gasteiger partial charge in [-0.15, -0.1) is 10.2 Å². The van der Waals surface area contributed by atoms with Crippen LogP contribution in [0.1, 0.15) is 50.5 Å². The molecule has 19 heavy (non-hydrogen) atoms. The zero-order valence-corrected chi connectivity index (χ0v) is 13.1. The Morgan fingerprint density at radius 3 is 2.58 bits per heavy atom. The number of thioether (sulfide) groups is 1. The highest BCUT2D eigenvalue weighted by Crippen LogP contribution is 2.26. The minimum absolute atomic E-state index is 0.101. The lowest BCUT2D eigenvalue weighted by Gasteiger charge is -2.18. The lowest BCUT2D eigenvalue weighted by atomic mass is 10.1. The second-order valence-electron chi connectivity index (χ2n) is 5.04. The molecule has 1 aromatic rings. The Morgan fingerprint density at radius 2 is 2.00 bits per heavy atom. The van der Waals surface area contributed by atoms with E-state index in [1.54, 1.807) is 11.3 Å². The van der Waals surface area contributed by atoms with Gasteiger partial charge in [0.15, 0.2) is 4.34 Å². The Morgan fingerprint density at radius 1 is 1.32 bits per heavy atom. The second kappa shape index (κ2) is 7.24. The van der Waals surface area contributed by atoms with Crippen LogP contribution in [0.15, 0.2) is 4.34 Å². The highest BCUT2D eigenvalue weighted by atomic mass is 32.2. The summed E-state index contributed by atoms with van der Waals surface area (Å²) < 4.78 is 0.876. The first-order chi connectivity index (χ1) is 9.15. The first-order valence-corrected chi connectivity index (χ1v) is 8.62. The zero-order valence-electron chi connectivity index (χ0n) is 11.5. The third-order valence-electron chi connectivity index (χ3n) is 3.36. The van der Waals surface area contributed by atoms with Crippen molar-refractivity contribution in [3.8, 4) is 0 Å². The molecule has 0 radical (unpaired) electrons. The van der Waals surface area contributed by atoms with Gasteiger partial charge in [-0.3, -0.25) is 4.79 Å². The first-order valence-electron chi connectivity index (χ1n) is 6.92. The standard InChI is InChI=1S/C13H21N3OS2/c1-9(18-13-16-15-10(2)19-13)12(17)14-11-7-5-3-4-6-8-11/h9,11H,3-8H2,1-2H3,(H,14,17)/t9-/m1/s1. The number of hydrogen-bond acceptors (Lipinski definition) is 5. The molecule has 1 heterocycles. The molecule has 1 N–H and O–H groups in total. The van der Waals surface area contributed by atoms with E-state index in [1.807, 2.05) is 13.8 Å². The fourth-order valence-electron chi connectivity index (χ4n) is 2.27. The van der Waals surface area contributed by atoms with Gasteiger partial charge in [-0.05, 0) is 26.7 Å². The molecule has 1 atom stereocenters. The maximum Gasteiger partial charge on any atom is 0.233 e. The molecular weight excluding hydrogens is 278 g/mol. The van der Waals surface area contributed by atoms with Gasteiger partial charge in [0.05, 0.1) is 5.25 Å². The number of rotatable bonds is 4. The number of nitrogens with one attached hydrogen (secondary N) is 1. The number of nitrogens with zero attached hydrogens (tertiary/aromatic N) is 2. The molecular formula is C13H21N3OS2. The van der Waals surface area contributed by atoms with Crippen LogP contribution in [0.5, 0.6) is 0 Å². The monoisotopic (exact) mass is 299 g/mol. The SMILES string of the molecule is Cc1nnc(S[C@H](C)C(=O)NC2CCCCCC2)s1. The van der Waals surface area contributed by atoms with Crippen molar-refractivity contribution in [2.45, 2.75) is 68.0 Å². The predicted octanol–water partition coefficient (Wildman–Crippen LogP) is 3.17. The van der Waals surface area contributed by atoms with Gasteiger partial charge in [-0.1, -0.05) is 48.8 Å². The van der Waals surface area contributed by atoms with Crippen LogP contribution >= 0.6 is 23.1 Å². The average molecular weight is 299 g/mol. The van der Waals surface area contributed by atoms with Crippen molar-refractivity contribution in [3.63, 3.8) is 0 Å². The Balaban J connectivity index is 1.81. The summed E-state index contributed by atoms with van der Waals surface area (Å²) in [5.41, 5.74) is 0. The smallest absolute Gasteiger partial charge is 0.233 e. The van der Waals surface area contributed by atoms with Gasteiger partial charge < -0.3 is 5.32 Å². The molecule has 1 aliphatic carbocycles. The van der Waals surface area contributed by atoms with Gasteiger partial charge in [0.1, 0.15) is 5.01 Å². The molecule has 0 aromatic carbocycles. The predicted molar refractivity (Wildman–Crippen MR) is 79.6 cm³/mol. The maximum absolute atomic E-state index is 12.2. The molecule has 0 aliphatic heterocycles. The van der Waals surface area contributed by atoms with E-state index in [0.29, 0.717) is 6.04 Å². The van der Waals surface area contributed by atoms with Crippen LogP contribution in [-0.4, -0.2) is 27.4 Å². The molecule has 2 rings (SSSR count). The van der Waals surface area contributed by atoms with E-state index in [1.165, 1.54) is 37.4 Å². The number of carbonyl (C=O) groups excluding carboxylic acids is 1. The Bertz CT molecular complexity index is 414. The van der Waals surface area contributed by atoms with Crippen molar-refractivity contribution in [2.75, 3.05) is 0 Å². The maximum atomic E-state index is 12.2. The minimum Gasteiger partial charge on any atom is -0.352 e. The molecule has 4 nitrogen and oxygen atoms in total. The van der Waals surface area contributed by atoms with Crippen molar-refractivity contribution in [1.29, 1.82) is 0 Å². The molecule has 1 aliphatic rings. The number of hydrogen-bond donors (Lipinski definition) is 1. The zero-order chi connectivity index (χ0) is 13.7. The number of aryl methyl sites for hydroxylation is 1. The van der Waals surface area contributed by atoms with Crippen molar-refractivity contribution in [3.05, 3.63) is 5.01 Å². The summed E-state index contributed by atoms with van der Waals surface area (Å²) in [6.07, 6.45) is 7.34. The van der Waals surface area contributed by atoms with Crippen molar-refractivity contribution in [2.24, 2.45) is 0 Å². The summed E-state index contributed by atoms with van der Waals surface area (Å²) in [5.74, 6) is 0.129. The minimum atomic E-state index is -0.101. The van der Waals surface area contributed by atoms with Crippen LogP contribution < -0.4 is 5.32 Å². The van der Waals surface area contributed by atoms with Gasteiger partial charge in [0.2, 0.25) is 5.91 Å². The molecule has 1 saturated carbocycles. The lowest BCUT2D eigenvalue weighted by Crippen LogP contribution is -2.39. The molecule has 1 fully saturated rings. The third kappa shape index (κ3) is 4.76. The summed E-state index contributed by atoms with van der Waals surface area (Å²) in [4.78, 5) is 12.2. The summed E-state index contributed by atoms with van der Waals surface area (Å²) in [5, 5.41) is 12.0. The molecule has 6 heteroatoms. The fraction of sp³-hybridized carbons (Fsp3) is 0.769. The van der Waals surface area contributed by atoms with E-state index < -0.39 is 0 Å². The fourth-order valence-corrected chi connectivity index (χ4v) is 4.24. The van der Waals surface area contributed by atoms with Crippen LogP contribution in [0.4, 0.5) is 0 Å². The molecule has 0 unspecified atom stereocenters. The van der Waals surface area contributed by atoms with Crippen LogP contribution in [0.2, 0.25) is 0 Å². The molecule has 0 saturated heterocycles. The van der Waals surface area contributed by atoms with Crippen LogP contribution in [0.3, 0.4) is 0 Å². The summed E-state index contributed by atoms with van der Waals surface area (Å²) in [7, 11) is 0. The number of amides is 1. The van der Waals surface area contributed by atoms with E-state index >= 15 is 0 Å². The normalized spacial score (nSPS) is 18.8. The van der Waals surface area contributed by atoms with Gasteiger partial charge in [-0.25, -0.2) is 0 Å². The highest BCUT2D eigenvalue weighted by Gasteiger charge is 2.20. The second-order valence-corrected chi connectivity index (χ2v) is 7.81. The Labute approximate surface area is 122 Å². The molecule has 0 spiro atoms. The Kier molecular flexibility index (Phi) is 5.63.